The molecule has 5 rings (SSSR count). The van der Waals surface area contributed by atoms with Crippen LogP contribution in [0.1, 0.15) is 25.3 Å². The van der Waals surface area contributed by atoms with Crippen LogP contribution in [0.25, 0.3) is 28.3 Å². The molecule has 0 N–H and O–H groups in total. The second kappa shape index (κ2) is 8.66. The maximum Gasteiger partial charge on any atom is 0.332 e. The molecule has 2 aromatic carbocycles. The summed E-state index contributed by atoms with van der Waals surface area (Å²) in [5.41, 5.74) is 2.11. The molecule has 0 spiro atoms. The van der Waals surface area contributed by atoms with Crippen molar-refractivity contribution in [2.24, 2.45) is 14.1 Å². The number of aromatic nitrogens is 6. The van der Waals surface area contributed by atoms with Crippen LogP contribution < -0.4 is 16.0 Å². The van der Waals surface area contributed by atoms with Gasteiger partial charge in [0.05, 0.1) is 0 Å². The van der Waals surface area contributed by atoms with Gasteiger partial charge in [-0.2, -0.15) is 0 Å². The SMILES string of the molecule is CCCCn1c2c(=O)n(C)c(=O)n(C)c2n2c(-c3ccc(OCc4ccccc4)cc3)nnc12. The number of ether oxygens (including phenoxy) is 1. The highest BCUT2D eigenvalue weighted by molar-refractivity contribution is 5.79. The number of imidazole rings is 1. The van der Waals surface area contributed by atoms with Crippen molar-refractivity contribution >= 4 is 16.9 Å². The van der Waals surface area contributed by atoms with Gasteiger partial charge in [0.15, 0.2) is 17.0 Å². The maximum atomic E-state index is 13.1. The lowest BCUT2D eigenvalue weighted by atomic mass is 10.2. The number of nitrogens with zero attached hydrogens (tertiary/aromatic N) is 6. The summed E-state index contributed by atoms with van der Waals surface area (Å²) in [6, 6.07) is 17.6. The minimum Gasteiger partial charge on any atom is -0.489 e. The van der Waals surface area contributed by atoms with Gasteiger partial charge in [-0.1, -0.05) is 43.7 Å². The highest BCUT2D eigenvalue weighted by Crippen LogP contribution is 2.26. The van der Waals surface area contributed by atoms with E-state index in [4.69, 9.17) is 4.74 Å². The normalized spacial score (nSPS) is 11.5. The minimum atomic E-state index is -0.392. The fourth-order valence-corrected chi connectivity index (χ4v) is 4.21. The topological polar surface area (TPSA) is 88.4 Å². The molecular weight excluding hydrogens is 432 g/mol. The number of hydrogen-bond acceptors (Lipinski definition) is 5. The molecule has 0 aliphatic carbocycles. The Labute approximate surface area is 195 Å². The van der Waals surface area contributed by atoms with E-state index >= 15 is 0 Å². The lowest BCUT2D eigenvalue weighted by Gasteiger charge is -2.08. The number of unbranched alkanes of at least 4 members (excludes halogenated alkanes) is 1. The van der Waals surface area contributed by atoms with E-state index in [-0.39, 0.29) is 5.56 Å². The van der Waals surface area contributed by atoms with Crippen LogP contribution in [0.5, 0.6) is 5.75 Å². The van der Waals surface area contributed by atoms with E-state index in [0.717, 1.165) is 34.3 Å². The van der Waals surface area contributed by atoms with E-state index in [2.05, 4.69) is 17.1 Å². The molecule has 9 nitrogen and oxygen atoms in total. The van der Waals surface area contributed by atoms with Gasteiger partial charge in [-0.05, 0) is 36.2 Å². The highest BCUT2D eigenvalue weighted by atomic mass is 16.5. The second-order valence-electron chi connectivity index (χ2n) is 8.34. The molecule has 34 heavy (non-hydrogen) atoms. The van der Waals surface area contributed by atoms with Gasteiger partial charge in [-0.15, -0.1) is 10.2 Å². The first-order chi connectivity index (χ1) is 16.5. The van der Waals surface area contributed by atoms with Gasteiger partial charge in [0, 0.05) is 26.2 Å². The Morgan fingerprint density at radius 1 is 0.912 bits per heavy atom. The van der Waals surface area contributed by atoms with Crippen molar-refractivity contribution in [2.45, 2.75) is 32.9 Å². The molecule has 9 heteroatoms. The molecule has 0 aliphatic heterocycles. The Kier molecular flexibility index (Phi) is 5.53. The van der Waals surface area contributed by atoms with Crippen LogP contribution in [0.4, 0.5) is 0 Å². The predicted octanol–water partition coefficient (Wildman–Crippen LogP) is 3.13. The van der Waals surface area contributed by atoms with Crippen molar-refractivity contribution in [3.05, 3.63) is 81.0 Å². The van der Waals surface area contributed by atoms with Crippen LogP contribution in [-0.2, 0) is 27.2 Å². The summed E-state index contributed by atoms with van der Waals surface area (Å²) in [6.45, 7) is 3.18. The molecule has 0 aliphatic rings. The molecule has 3 heterocycles. The van der Waals surface area contributed by atoms with E-state index < -0.39 is 5.69 Å². The fourth-order valence-electron chi connectivity index (χ4n) is 4.21. The number of rotatable bonds is 7. The van der Waals surface area contributed by atoms with E-state index in [1.165, 1.54) is 11.6 Å². The number of hydrogen-bond donors (Lipinski definition) is 0. The first-order valence-electron chi connectivity index (χ1n) is 11.3. The second-order valence-corrected chi connectivity index (χ2v) is 8.34. The molecule has 0 radical (unpaired) electrons. The molecule has 174 valence electrons. The minimum absolute atomic E-state index is 0.338. The standard InChI is InChI=1S/C25H26N6O3/c1-4-5-15-30-20-22(28(2)25(33)29(3)23(20)32)31-21(26-27-24(30)31)18-11-13-19(14-12-18)34-16-17-9-7-6-8-10-17/h6-14H,4-5,15-16H2,1-3H3. The van der Waals surface area contributed by atoms with Gasteiger partial charge in [-0.3, -0.25) is 13.9 Å². The van der Waals surface area contributed by atoms with Crippen LogP contribution >= 0.6 is 0 Å². The van der Waals surface area contributed by atoms with Crippen LogP contribution in [0, 0.1) is 0 Å². The summed E-state index contributed by atoms with van der Waals surface area (Å²) in [6.07, 6.45) is 1.84. The monoisotopic (exact) mass is 458 g/mol. The summed E-state index contributed by atoms with van der Waals surface area (Å²) < 4.78 is 12.2. The smallest absolute Gasteiger partial charge is 0.332 e. The average Bonchev–Trinajstić information content (AvgIpc) is 3.43. The maximum absolute atomic E-state index is 13.1. The molecule has 0 saturated carbocycles. The van der Waals surface area contributed by atoms with E-state index in [0.29, 0.717) is 35.9 Å². The van der Waals surface area contributed by atoms with E-state index in [1.807, 2.05) is 59.2 Å². The Morgan fingerprint density at radius 2 is 1.65 bits per heavy atom. The zero-order chi connectivity index (χ0) is 23.8. The lowest BCUT2D eigenvalue weighted by molar-refractivity contribution is 0.306. The highest BCUT2D eigenvalue weighted by Gasteiger charge is 2.23. The van der Waals surface area contributed by atoms with Crippen molar-refractivity contribution in [1.82, 2.24) is 28.3 Å². The first-order valence-corrected chi connectivity index (χ1v) is 11.3. The molecule has 5 aromatic rings. The van der Waals surface area contributed by atoms with Crippen LogP contribution in [-0.4, -0.2) is 28.3 Å². The number of aryl methyl sites for hydroxylation is 2. The molecule has 0 fully saturated rings. The Hall–Kier alpha value is -4.14. The Bertz CT molecular complexity index is 1590. The molecule has 0 atom stereocenters. The van der Waals surface area contributed by atoms with Gasteiger partial charge < -0.3 is 9.30 Å². The molecule has 3 aromatic heterocycles. The average molecular weight is 459 g/mol. The van der Waals surface area contributed by atoms with Gasteiger partial charge in [0.1, 0.15) is 12.4 Å². The zero-order valence-corrected chi connectivity index (χ0v) is 19.4. The van der Waals surface area contributed by atoms with Gasteiger partial charge in [0.2, 0.25) is 5.78 Å². The van der Waals surface area contributed by atoms with E-state index in [1.54, 1.807) is 11.4 Å². The number of benzene rings is 2. The zero-order valence-electron chi connectivity index (χ0n) is 19.4. The Morgan fingerprint density at radius 3 is 2.35 bits per heavy atom. The van der Waals surface area contributed by atoms with Gasteiger partial charge in [0.25, 0.3) is 5.56 Å². The van der Waals surface area contributed by atoms with Crippen molar-refractivity contribution in [3.63, 3.8) is 0 Å². The van der Waals surface area contributed by atoms with Gasteiger partial charge >= 0.3 is 5.69 Å². The van der Waals surface area contributed by atoms with Crippen LogP contribution in [0.15, 0.2) is 64.2 Å². The third-order valence-corrected chi connectivity index (χ3v) is 6.08. The third kappa shape index (κ3) is 3.49. The first kappa shape index (κ1) is 21.7. The molecular formula is C25H26N6O3. The quantitative estimate of drug-likeness (QED) is 0.374. The van der Waals surface area contributed by atoms with Crippen molar-refractivity contribution in [1.29, 1.82) is 0 Å². The Balaban J connectivity index is 1.61. The van der Waals surface area contributed by atoms with Crippen molar-refractivity contribution in [2.75, 3.05) is 0 Å². The molecule has 0 amide bonds. The molecule has 0 bridgehead atoms. The summed E-state index contributed by atoms with van der Waals surface area (Å²) in [7, 11) is 3.16. The summed E-state index contributed by atoms with van der Waals surface area (Å²) in [4.78, 5) is 25.8. The summed E-state index contributed by atoms with van der Waals surface area (Å²) >= 11 is 0. The molecule has 0 saturated heterocycles. The number of fused-ring (bicyclic) bond motifs is 3. The lowest BCUT2D eigenvalue weighted by Crippen LogP contribution is -2.37. The largest absolute Gasteiger partial charge is 0.489 e. The van der Waals surface area contributed by atoms with Crippen molar-refractivity contribution < 1.29 is 4.74 Å². The summed E-state index contributed by atoms with van der Waals surface area (Å²) in [5, 5.41) is 8.82. The fraction of sp³-hybridized carbons (Fsp3) is 0.280. The van der Waals surface area contributed by atoms with E-state index in [9.17, 15) is 9.59 Å². The molecule has 0 unspecified atom stereocenters. The van der Waals surface area contributed by atoms with Crippen LogP contribution in [0.3, 0.4) is 0 Å². The van der Waals surface area contributed by atoms with Gasteiger partial charge in [-0.25, -0.2) is 9.20 Å². The van der Waals surface area contributed by atoms with Crippen molar-refractivity contribution in [3.8, 4) is 17.1 Å². The summed E-state index contributed by atoms with van der Waals surface area (Å²) in [5.74, 6) is 1.84. The third-order valence-electron chi connectivity index (χ3n) is 6.08. The predicted molar refractivity (Wildman–Crippen MR) is 130 cm³/mol. The van der Waals surface area contributed by atoms with Crippen LogP contribution in [0.2, 0.25) is 0 Å².